The molecule has 1 amide bonds. The number of H-pyrrole nitrogens is 1. The largest absolute Gasteiger partial charge is 0.332 e. The molecule has 146 valence electrons. The lowest BCUT2D eigenvalue weighted by Gasteiger charge is -2.25. The number of benzene rings is 1. The van der Waals surface area contributed by atoms with Crippen LogP contribution in [0.1, 0.15) is 60.8 Å². The summed E-state index contributed by atoms with van der Waals surface area (Å²) in [4.78, 5) is 35.2. The maximum Gasteiger partial charge on any atom is 0.254 e. The number of aryl methyl sites for hydroxylation is 1. The van der Waals surface area contributed by atoms with Gasteiger partial charge in [-0.25, -0.2) is 4.98 Å². The highest BCUT2D eigenvalue weighted by molar-refractivity contribution is 5.77. The molecule has 2 aromatic rings. The van der Waals surface area contributed by atoms with E-state index in [0.717, 1.165) is 43.5 Å². The third-order valence-electron chi connectivity index (χ3n) is 5.90. The van der Waals surface area contributed by atoms with Gasteiger partial charge in [0.1, 0.15) is 5.82 Å². The topological polar surface area (TPSA) is 66.1 Å². The number of allylic oxidation sites excluding steroid dienone is 2. The molecule has 1 aliphatic heterocycles. The van der Waals surface area contributed by atoms with Crippen LogP contribution in [-0.4, -0.2) is 27.3 Å². The van der Waals surface area contributed by atoms with Crippen molar-refractivity contribution >= 4 is 5.91 Å². The van der Waals surface area contributed by atoms with Gasteiger partial charge in [-0.05, 0) is 44.1 Å². The van der Waals surface area contributed by atoms with Crippen LogP contribution in [0.4, 0.5) is 0 Å². The van der Waals surface area contributed by atoms with Gasteiger partial charge in [-0.3, -0.25) is 9.59 Å². The normalized spacial score (nSPS) is 21.4. The Balaban J connectivity index is 1.54. The minimum Gasteiger partial charge on any atom is -0.332 e. The van der Waals surface area contributed by atoms with E-state index in [0.29, 0.717) is 30.1 Å². The second-order valence-electron chi connectivity index (χ2n) is 7.89. The third kappa shape index (κ3) is 3.93. The predicted molar refractivity (Wildman–Crippen MR) is 109 cm³/mol. The van der Waals surface area contributed by atoms with Crippen LogP contribution >= 0.6 is 0 Å². The first-order chi connectivity index (χ1) is 13.6. The summed E-state index contributed by atoms with van der Waals surface area (Å²) in [5.74, 6) is 1.16. The van der Waals surface area contributed by atoms with E-state index < -0.39 is 0 Å². The minimum atomic E-state index is -0.116. The molecule has 1 aromatic carbocycles. The van der Waals surface area contributed by atoms with Gasteiger partial charge in [0.05, 0.1) is 6.04 Å². The van der Waals surface area contributed by atoms with Crippen molar-refractivity contribution < 1.29 is 4.79 Å². The summed E-state index contributed by atoms with van der Waals surface area (Å²) in [7, 11) is 0. The Morgan fingerprint density at radius 1 is 1.25 bits per heavy atom. The Hall–Kier alpha value is -2.69. The number of carbonyl (C=O) groups is 1. The number of hydrogen-bond donors (Lipinski definition) is 1. The molecule has 0 radical (unpaired) electrons. The molecule has 0 unspecified atom stereocenters. The highest BCUT2D eigenvalue weighted by atomic mass is 16.2. The standard InChI is InChI=1S/C23H27N3O2/c1-16-19(14-17-8-3-2-4-9-17)23(28)25-22(24-16)20-12-7-13-26(20)21(27)15-18-10-5-6-11-18/h2-5,8-10,18,20H,6-7,11-15H2,1H3,(H,24,25,28)/t18-,20+/m0/s1. The Kier molecular flexibility index (Phi) is 5.42. The van der Waals surface area contributed by atoms with Gasteiger partial charge in [0.25, 0.3) is 5.56 Å². The Bertz CT molecular complexity index is 933. The van der Waals surface area contributed by atoms with Gasteiger partial charge in [-0.2, -0.15) is 0 Å². The van der Waals surface area contributed by atoms with E-state index in [2.05, 4.69) is 17.1 Å². The molecule has 0 spiro atoms. The third-order valence-corrected chi connectivity index (χ3v) is 5.90. The summed E-state index contributed by atoms with van der Waals surface area (Å²) in [5.41, 5.74) is 2.44. The molecule has 4 rings (SSSR count). The maximum absolute atomic E-state index is 12.8. The van der Waals surface area contributed by atoms with Crippen molar-refractivity contribution in [2.75, 3.05) is 6.54 Å². The van der Waals surface area contributed by atoms with E-state index in [-0.39, 0.29) is 17.5 Å². The minimum absolute atomic E-state index is 0.0932. The highest BCUT2D eigenvalue weighted by Crippen LogP contribution is 2.32. The fourth-order valence-corrected chi connectivity index (χ4v) is 4.35. The molecule has 1 aromatic heterocycles. The number of aromatic nitrogens is 2. The van der Waals surface area contributed by atoms with Crippen molar-refractivity contribution in [2.24, 2.45) is 5.92 Å². The fraction of sp³-hybridized carbons (Fsp3) is 0.435. The van der Waals surface area contributed by atoms with Crippen molar-refractivity contribution in [1.29, 1.82) is 0 Å². The molecule has 28 heavy (non-hydrogen) atoms. The van der Waals surface area contributed by atoms with Gasteiger partial charge >= 0.3 is 0 Å². The maximum atomic E-state index is 12.8. The summed E-state index contributed by atoms with van der Waals surface area (Å²) in [6.07, 6.45) is 9.38. The van der Waals surface area contributed by atoms with E-state index in [1.165, 1.54) is 0 Å². The summed E-state index contributed by atoms with van der Waals surface area (Å²) in [5, 5.41) is 0. The monoisotopic (exact) mass is 377 g/mol. The highest BCUT2D eigenvalue weighted by Gasteiger charge is 2.33. The zero-order valence-electron chi connectivity index (χ0n) is 16.4. The Morgan fingerprint density at radius 3 is 2.79 bits per heavy atom. The predicted octanol–water partition coefficient (Wildman–Crippen LogP) is 3.69. The summed E-state index contributed by atoms with van der Waals surface area (Å²) in [6, 6.07) is 9.83. The second-order valence-corrected chi connectivity index (χ2v) is 7.89. The molecule has 0 bridgehead atoms. The molecule has 5 nitrogen and oxygen atoms in total. The number of nitrogens with zero attached hydrogens (tertiary/aromatic N) is 2. The molecule has 2 atom stereocenters. The lowest BCUT2D eigenvalue weighted by Crippen LogP contribution is -2.34. The molecule has 0 saturated carbocycles. The summed E-state index contributed by atoms with van der Waals surface area (Å²) < 4.78 is 0. The zero-order valence-corrected chi connectivity index (χ0v) is 16.4. The fourth-order valence-electron chi connectivity index (χ4n) is 4.35. The first-order valence-electron chi connectivity index (χ1n) is 10.2. The van der Waals surface area contributed by atoms with Crippen molar-refractivity contribution in [3.05, 3.63) is 75.5 Å². The van der Waals surface area contributed by atoms with E-state index >= 15 is 0 Å². The van der Waals surface area contributed by atoms with Crippen LogP contribution in [0.5, 0.6) is 0 Å². The van der Waals surface area contributed by atoms with Crippen LogP contribution in [0.2, 0.25) is 0 Å². The SMILES string of the molecule is Cc1nc([C@H]2CCCN2C(=O)C[C@H]2C=CCC2)[nH]c(=O)c1Cc1ccccc1. The number of hydrogen-bond acceptors (Lipinski definition) is 3. The van der Waals surface area contributed by atoms with Gasteiger partial charge in [0.2, 0.25) is 5.91 Å². The van der Waals surface area contributed by atoms with Crippen LogP contribution in [-0.2, 0) is 11.2 Å². The van der Waals surface area contributed by atoms with Crippen LogP contribution < -0.4 is 5.56 Å². The lowest BCUT2D eigenvalue weighted by molar-refractivity contribution is -0.133. The molecule has 5 heteroatoms. The number of rotatable bonds is 5. The van der Waals surface area contributed by atoms with E-state index in [9.17, 15) is 9.59 Å². The molecule has 1 N–H and O–H groups in total. The first-order valence-corrected chi connectivity index (χ1v) is 10.2. The lowest BCUT2D eigenvalue weighted by atomic mass is 10.0. The van der Waals surface area contributed by atoms with Crippen LogP contribution in [0, 0.1) is 12.8 Å². The number of amides is 1. The first kappa shape index (κ1) is 18.7. The molecule has 2 aliphatic rings. The molecule has 1 aliphatic carbocycles. The van der Waals surface area contributed by atoms with Crippen LogP contribution in [0.25, 0.3) is 0 Å². The van der Waals surface area contributed by atoms with Crippen LogP contribution in [0.15, 0.2) is 47.3 Å². The van der Waals surface area contributed by atoms with E-state index in [1.807, 2.05) is 42.2 Å². The zero-order chi connectivity index (χ0) is 19.5. The number of nitrogens with one attached hydrogen (secondary N) is 1. The van der Waals surface area contributed by atoms with Crippen LogP contribution in [0.3, 0.4) is 0 Å². The molecular formula is C23H27N3O2. The molecule has 1 saturated heterocycles. The summed E-state index contributed by atoms with van der Waals surface area (Å²) >= 11 is 0. The summed E-state index contributed by atoms with van der Waals surface area (Å²) in [6.45, 7) is 2.63. The Morgan fingerprint density at radius 2 is 2.07 bits per heavy atom. The number of aromatic amines is 1. The van der Waals surface area contributed by atoms with Gasteiger partial charge in [0.15, 0.2) is 0 Å². The van der Waals surface area contributed by atoms with Crippen molar-refractivity contribution in [3.8, 4) is 0 Å². The van der Waals surface area contributed by atoms with Crippen molar-refractivity contribution in [3.63, 3.8) is 0 Å². The molecular weight excluding hydrogens is 350 g/mol. The number of likely N-dealkylation sites (tertiary alicyclic amines) is 1. The molecule has 2 heterocycles. The van der Waals surface area contributed by atoms with E-state index in [1.54, 1.807) is 0 Å². The van der Waals surface area contributed by atoms with Gasteiger partial charge < -0.3 is 9.88 Å². The van der Waals surface area contributed by atoms with Gasteiger partial charge in [-0.15, -0.1) is 0 Å². The van der Waals surface area contributed by atoms with Crippen molar-refractivity contribution in [1.82, 2.24) is 14.9 Å². The molecule has 1 fully saturated rings. The van der Waals surface area contributed by atoms with E-state index in [4.69, 9.17) is 4.98 Å². The average molecular weight is 377 g/mol. The number of carbonyl (C=O) groups excluding carboxylic acids is 1. The average Bonchev–Trinajstić information content (AvgIpc) is 3.37. The quantitative estimate of drug-likeness (QED) is 0.808. The second kappa shape index (κ2) is 8.13. The van der Waals surface area contributed by atoms with Crippen molar-refractivity contribution in [2.45, 2.75) is 51.5 Å². The van der Waals surface area contributed by atoms with Gasteiger partial charge in [-0.1, -0.05) is 42.5 Å². The smallest absolute Gasteiger partial charge is 0.254 e. The Labute approximate surface area is 165 Å². The van der Waals surface area contributed by atoms with Gasteiger partial charge in [0, 0.05) is 30.6 Å².